The number of nitriles is 2. The number of benzene rings is 10. The lowest BCUT2D eigenvalue weighted by Gasteiger charge is -2.19. The second kappa shape index (κ2) is 15.3. The molecular formula is C63H35F3N6. The van der Waals surface area contributed by atoms with Crippen molar-refractivity contribution in [1.82, 2.24) is 18.3 Å². The Morgan fingerprint density at radius 3 is 1.00 bits per heavy atom. The summed E-state index contributed by atoms with van der Waals surface area (Å²) in [6.07, 6.45) is -4.73. The summed E-state index contributed by atoms with van der Waals surface area (Å²) in [7, 11) is 0. The number of nitrogens with zero attached hydrogens (tertiary/aromatic N) is 6. The van der Waals surface area contributed by atoms with Crippen LogP contribution in [0.25, 0.3) is 121 Å². The predicted molar refractivity (Wildman–Crippen MR) is 284 cm³/mol. The Labute approximate surface area is 408 Å². The number of halogens is 3. The van der Waals surface area contributed by atoms with Gasteiger partial charge in [0.1, 0.15) is 11.6 Å². The maximum atomic E-state index is 14.8. The van der Waals surface area contributed by atoms with Gasteiger partial charge in [0.2, 0.25) is 0 Å². The van der Waals surface area contributed by atoms with Crippen LogP contribution in [-0.2, 0) is 6.18 Å². The minimum Gasteiger partial charge on any atom is -0.309 e. The van der Waals surface area contributed by atoms with E-state index in [1.54, 1.807) is 12.1 Å². The van der Waals surface area contributed by atoms with Crippen LogP contribution in [0.15, 0.2) is 212 Å². The van der Waals surface area contributed by atoms with Gasteiger partial charge in [0, 0.05) is 54.5 Å². The molecule has 0 unspecified atom stereocenters. The summed E-state index contributed by atoms with van der Waals surface area (Å²) in [5, 5.41) is 30.2. The summed E-state index contributed by atoms with van der Waals surface area (Å²) in [6, 6.07) is 73.7. The van der Waals surface area contributed by atoms with Gasteiger partial charge in [-0.25, -0.2) is 0 Å². The minimum absolute atomic E-state index is 0.132. The first-order chi connectivity index (χ1) is 35.3. The van der Waals surface area contributed by atoms with E-state index in [0.717, 1.165) is 111 Å². The third kappa shape index (κ3) is 5.95. The van der Waals surface area contributed by atoms with E-state index in [1.165, 1.54) is 6.07 Å². The highest BCUT2D eigenvalue weighted by Crippen LogP contribution is 2.44. The molecule has 0 N–H and O–H groups in total. The maximum Gasteiger partial charge on any atom is 0.416 e. The maximum absolute atomic E-state index is 14.8. The topological polar surface area (TPSA) is 67.3 Å². The first-order valence-electron chi connectivity index (χ1n) is 23.5. The number of para-hydroxylation sites is 6. The molecule has 0 fully saturated rings. The molecule has 0 aliphatic heterocycles. The smallest absolute Gasteiger partial charge is 0.309 e. The van der Waals surface area contributed by atoms with Gasteiger partial charge >= 0.3 is 6.18 Å². The van der Waals surface area contributed by atoms with Gasteiger partial charge in [0.15, 0.2) is 0 Å². The lowest BCUT2D eigenvalue weighted by molar-refractivity contribution is -0.137. The van der Waals surface area contributed by atoms with Crippen molar-refractivity contribution in [3.05, 3.63) is 229 Å². The highest BCUT2D eigenvalue weighted by Gasteiger charge is 2.32. The summed E-state index contributed by atoms with van der Waals surface area (Å²) in [5.41, 5.74) is 9.91. The molecule has 0 amide bonds. The molecule has 0 saturated heterocycles. The zero-order valence-corrected chi connectivity index (χ0v) is 38.0. The first-order valence-corrected chi connectivity index (χ1v) is 23.5. The molecule has 72 heavy (non-hydrogen) atoms. The molecule has 14 aromatic rings. The van der Waals surface area contributed by atoms with Crippen molar-refractivity contribution in [2.24, 2.45) is 0 Å². The summed E-state index contributed by atoms with van der Waals surface area (Å²) in [6.45, 7) is 0. The van der Waals surface area contributed by atoms with E-state index < -0.39 is 11.7 Å². The van der Waals surface area contributed by atoms with Crippen LogP contribution in [0.2, 0.25) is 0 Å². The molecule has 338 valence electrons. The summed E-state index contributed by atoms with van der Waals surface area (Å²) < 4.78 is 52.9. The zero-order valence-electron chi connectivity index (χ0n) is 38.0. The molecule has 14 rings (SSSR count). The first kappa shape index (κ1) is 41.2. The van der Waals surface area contributed by atoms with Gasteiger partial charge in [0.25, 0.3) is 0 Å². The average molecular weight is 933 g/mol. The monoisotopic (exact) mass is 932 g/mol. The Hall–Kier alpha value is -9.83. The van der Waals surface area contributed by atoms with Crippen LogP contribution in [0.5, 0.6) is 0 Å². The lowest BCUT2D eigenvalue weighted by atomic mass is 9.96. The molecule has 0 spiro atoms. The number of rotatable bonds is 5. The largest absolute Gasteiger partial charge is 0.416 e. The standard InChI is InChI=1S/C63H35F3N6/c64-63(65,66)41-30-38(36-67)29-39(31-41)40-32-59(71-57-23-11-5-17-48(57)50-27-25-42(34-61(50)71)69-53-19-7-1-13-44(53)45-14-2-8-20-54(45)69)52(37-68)60(33-40)72-58-24-12-6-18-49(58)51-28-26-43(35-62(51)72)70-55-21-9-3-15-46(55)47-16-4-10-22-56(47)70/h1-35H. The van der Waals surface area contributed by atoms with Crippen molar-refractivity contribution >= 4 is 87.2 Å². The molecule has 10 aromatic carbocycles. The van der Waals surface area contributed by atoms with E-state index in [0.29, 0.717) is 22.5 Å². The molecule has 0 aliphatic rings. The molecule has 0 atom stereocenters. The molecular weight excluding hydrogens is 898 g/mol. The zero-order chi connectivity index (χ0) is 48.4. The van der Waals surface area contributed by atoms with Crippen LogP contribution in [0, 0.1) is 22.7 Å². The summed E-state index contributed by atoms with van der Waals surface area (Å²) in [5.74, 6) is 0. The van der Waals surface area contributed by atoms with Crippen molar-refractivity contribution in [2.75, 3.05) is 0 Å². The van der Waals surface area contributed by atoms with E-state index in [-0.39, 0.29) is 11.1 Å². The lowest BCUT2D eigenvalue weighted by Crippen LogP contribution is -2.07. The van der Waals surface area contributed by atoms with Gasteiger partial charge in [-0.2, -0.15) is 23.7 Å². The molecule has 0 aliphatic carbocycles. The fraction of sp³-hybridized carbons (Fsp3) is 0.0159. The summed E-state index contributed by atoms with van der Waals surface area (Å²) in [4.78, 5) is 0. The third-order valence-electron chi connectivity index (χ3n) is 14.4. The Morgan fingerprint density at radius 2 is 0.653 bits per heavy atom. The fourth-order valence-corrected chi connectivity index (χ4v) is 11.4. The van der Waals surface area contributed by atoms with Crippen LogP contribution in [0.1, 0.15) is 16.7 Å². The van der Waals surface area contributed by atoms with Gasteiger partial charge in [-0.1, -0.05) is 121 Å². The highest BCUT2D eigenvalue weighted by atomic mass is 19.4. The highest BCUT2D eigenvalue weighted by molar-refractivity contribution is 6.14. The van der Waals surface area contributed by atoms with E-state index in [2.05, 4.69) is 121 Å². The molecule has 9 heteroatoms. The van der Waals surface area contributed by atoms with Crippen LogP contribution in [0.4, 0.5) is 13.2 Å². The van der Waals surface area contributed by atoms with Crippen LogP contribution >= 0.6 is 0 Å². The normalized spacial score (nSPS) is 12.1. The Kier molecular flexibility index (Phi) is 8.77. The third-order valence-corrected chi connectivity index (χ3v) is 14.4. The van der Waals surface area contributed by atoms with Gasteiger partial charge in [-0.3, -0.25) is 0 Å². The fourth-order valence-electron chi connectivity index (χ4n) is 11.4. The van der Waals surface area contributed by atoms with Crippen molar-refractivity contribution in [3.63, 3.8) is 0 Å². The van der Waals surface area contributed by atoms with Crippen molar-refractivity contribution < 1.29 is 13.2 Å². The predicted octanol–water partition coefficient (Wildman–Crippen LogP) is 16.5. The number of alkyl halides is 3. The van der Waals surface area contributed by atoms with Gasteiger partial charge in [-0.15, -0.1) is 0 Å². The van der Waals surface area contributed by atoms with E-state index in [4.69, 9.17) is 0 Å². The number of hydrogen-bond acceptors (Lipinski definition) is 2. The second-order valence-corrected chi connectivity index (χ2v) is 18.3. The van der Waals surface area contributed by atoms with Crippen LogP contribution < -0.4 is 0 Å². The van der Waals surface area contributed by atoms with Gasteiger partial charge in [-0.05, 0) is 102 Å². The molecule has 6 nitrogen and oxygen atoms in total. The minimum atomic E-state index is -4.73. The molecule has 0 radical (unpaired) electrons. The molecule has 4 heterocycles. The van der Waals surface area contributed by atoms with Gasteiger partial charge < -0.3 is 18.3 Å². The van der Waals surface area contributed by atoms with Crippen LogP contribution in [-0.4, -0.2) is 18.3 Å². The SMILES string of the molecule is N#Cc1cc(-c2cc(-n3c4ccccc4c4ccc(-n5c6ccccc6c6ccccc65)cc43)c(C#N)c(-n3c4ccccc4c4ccc(-n5c6ccccc6c6ccccc65)cc43)c2)cc(C(F)(F)F)c1. The Morgan fingerprint density at radius 1 is 0.319 bits per heavy atom. The Bertz CT molecular complexity index is 4360. The summed E-state index contributed by atoms with van der Waals surface area (Å²) >= 11 is 0. The Balaban J connectivity index is 1.11. The quantitative estimate of drug-likeness (QED) is 0.173. The van der Waals surface area contributed by atoms with Crippen molar-refractivity contribution in [1.29, 1.82) is 10.5 Å². The van der Waals surface area contributed by atoms with Gasteiger partial charge in [0.05, 0.1) is 72.7 Å². The van der Waals surface area contributed by atoms with Crippen LogP contribution in [0.3, 0.4) is 0 Å². The van der Waals surface area contributed by atoms with Crippen molar-refractivity contribution in [2.45, 2.75) is 6.18 Å². The molecule has 0 saturated carbocycles. The molecule has 0 bridgehead atoms. The number of aromatic nitrogens is 4. The second-order valence-electron chi connectivity index (χ2n) is 18.3. The number of fused-ring (bicyclic) bond motifs is 12. The number of hydrogen-bond donors (Lipinski definition) is 0. The van der Waals surface area contributed by atoms with E-state index >= 15 is 0 Å². The van der Waals surface area contributed by atoms with Crippen molar-refractivity contribution in [3.8, 4) is 46.0 Å². The van der Waals surface area contributed by atoms with E-state index in [1.807, 2.05) is 91.0 Å². The van der Waals surface area contributed by atoms with E-state index in [9.17, 15) is 23.7 Å². The average Bonchev–Trinajstić information content (AvgIpc) is 4.14. The molecule has 4 aromatic heterocycles.